The highest BCUT2D eigenvalue weighted by Gasteiger charge is 2.19. The lowest BCUT2D eigenvalue weighted by atomic mass is 10.3. The van der Waals surface area contributed by atoms with E-state index in [2.05, 4.69) is 20.9 Å². The summed E-state index contributed by atoms with van der Waals surface area (Å²) in [4.78, 5) is 14.4. The van der Waals surface area contributed by atoms with E-state index in [0.717, 1.165) is 16.1 Å². The molecule has 2 aromatic rings. The van der Waals surface area contributed by atoms with Crippen LogP contribution in [-0.4, -0.2) is 9.91 Å². The van der Waals surface area contributed by atoms with Gasteiger partial charge in [-0.05, 0) is 28.4 Å². The monoisotopic (exact) mass is 376 g/mol. The lowest BCUT2D eigenvalue weighted by Crippen LogP contribution is -1.95. The highest BCUT2D eigenvalue weighted by molar-refractivity contribution is 9.10. The first-order valence-electron chi connectivity index (χ1n) is 5.32. The second-order valence-electron chi connectivity index (χ2n) is 3.86. The smallest absolute Gasteiger partial charge is 0.313 e. The summed E-state index contributed by atoms with van der Waals surface area (Å²) in [6.45, 7) is 1.85. The van der Waals surface area contributed by atoms with Gasteiger partial charge in [0.15, 0.2) is 0 Å². The quantitative estimate of drug-likeness (QED) is 0.547. The lowest BCUT2D eigenvalue weighted by molar-refractivity contribution is -0.385. The summed E-state index contributed by atoms with van der Waals surface area (Å²) in [7, 11) is 0. The molecule has 0 aliphatic rings. The molecule has 0 radical (unpaired) electrons. The van der Waals surface area contributed by atoms with E-state index < -0.39 is 4.92 Å². The largest absolute Gasteiger partial charge is 0.432 e. The molecule has 0 saturated heterocycles. The van der Waals surface area contributed by atoms with E-state index in [1.165, 1.54) is 6.07 Å². The van der Waals surface area contributed by atoms with Crippen LogP contribution in [0.3, 0.4) is 0 Å². The van der Waals surface area contributed by atoms with E-state index in [9.17, 15) is 10.1 Å². The fourth-order valence-electron chi connectivity index (χ4n) is 1.42. The molecule has 0 fully saturated rings. The highest BCUT2D eigenvalue weighted by Crippen LogP contribution is 2.37. The van der Waals surface area contributed by atoms with Crippen molar-refractivity contribution in [2.45, 2.75) is 6.92 Å². The van der Waals surface area contributed by atoms with Gasteiger partial charge in [-0.15, -0.1) is 0 Å². The minimum atomic E-state index is -0.594. The van der Waals surface area contributed by atoms with Gasteiger partial charge in [-0.25, -0.2) is 4.98 Å². The van der Waals surface area contributed by atoms with Crippen LogP contribution in [0, 0.1) is 17.0 Å². The molecule has 0 atom stereocenters. The molecular weight excluding hydrogens is 371 g/mol. The van der Waals surface area contributed by atoms with Crippen molar-refractivity contribution < 1.29 is 9.66 Å². The van der Waals surface area contributed by atoms with E-state index in [0.29, 0.717) is 0 Å². The van der Waals surface area contributed by atoms with Gasteiger partial charge in [0, 0.05) is 28.9 Å². The summed E-state index contributed by atoms with van der Waals surface area (Å²) >= 11 is 14.9. The Morgan fingerprint density at radius 3 is 2.55 bits per heavy atom. The number of rotatable bonds is 3. The molecular formula is C12H7BrCl2N2O3. The molecule has 0 bridgehead atoms. The maximum absolute atomic E-state index is 11.0. The lowest BCUT2D eigenvalue weighted by Gasteiger charge is -2.08. The summed E-state index contributed by atoms with van der Waals surface area (Å²) in [6.07, 6.45) is 1.55. The molecule has 0 aliphatic carbocycles. The van der Waals surface area contributed by atoms with E-state index in [-0.39, 0.29) is 27.4 Å². The van der Waals surface area contributed by atoms with Gasteiger partial charge in [0.1, 0.15) is 0 Å². The Balaban J connectivity index is 2.44. The third-order valence-corrected chi connectivity index (χ3v) is 3.99. The molecule has 0 amide bonds. The topological polar surface area (TPSA) is 65.3 Å². The average Bonchev–Trinajstić information content (AvgIpc) is 2.37. The van der Waals surface area contributed by atoms with Crippen LogP contribution in [-0.2, 0) is 0 Å². The Labute approximate surface area is 132 Å². The average molecular weight is 378 g/mol. The summed E-state index contributed by atoms with van der Waals surface area (Å²) < 4.78 is 6.24. The van der Waals surface area contributed by atoms with Gasteiger partial charge in [0.2, 0.25) is 11.6 Å². The number of nitro groups is 1. The van der Waals surface area contributed by atoms with Crippen molar-refractivity contribution in [1.29, 1.82) is 0 Å². The van der Waals surface area contributed by atoms with Crippen LogP contribution < -0.4 is 4.74 Å². The van der Waals surface area contributed by atoms with Crippen molar-refractivity contribution in [1.82, 2.24) is 4.98 Å². The van der Waals surface area contributed by atoms with Crippen molar-refractivity contribution >= 4 is 44.8 Å². The van der Waals surface area contributed by atoms with Crippen molar-refractivity contribution in [2.24, 2.45) is 0 Å². The number of aromatic nitrogens is 1. The Hall–Kier alpha value is -1.37. The first kappa shape index (κ1) is 15.0. The fourth-order valence-corrected chi connectivity index (χ4v) is 1.95. The second-order valence-corrected chi connectivity index (χ2v) is 5.53. The number of pyridine rings is 1. The standard InChI is InChI=1S/C12H7BrCl2N2O3/c1-6-2-12(16-5-7(6)13)20-11-4-9(15)8(14)3-10(11)17(18)19/h2-5H,1H3. The van der Waals surface area contributed by atoms with E-state index in [1.54, 1.807) is 12.3 Å². The van der Waals surface area contributed by atoms with Crippen LogP contribution in [0.2, 0.25) is 10.0 Å². The van der Waals surface area contributed by atoms with Crippen LogP contribution in [0.4, 0.5) is 5.69 Å². The summed E-state index contributed by atoms with van der Waals surface area (Å²) in [5, 5.41) is 11.2. The molecule has 5 nitrogen and oxygen atoms in total. The van der Waals surface area contributed by atoms with Crippen molar-refractivity contribution in [2.75, 3.05) is 0 Å². The zero-order chi connectivity index (χ0) is 14.9. The number of aryl methyl sites for hydroxylation is 1. The van der Waals surface area contributed by atoms with Gasteiger partial charge in [0.25, 0.3) is 0 Å². The van der Waals surface area contributed by atoms with Crippen LogP contribution in [0.15, 0.2) is 28.9 Å². The Morgan fingerprint density at radius 2 is 1.95 bits per heavy atom. The van der Waals surface area contributed by atoms with Crippen LogP contribution in [0.1, 0.15) is 5.56 Å². The number of hydrogen-bond acceptors (Lipinski definition) is 4. The van der Waals surface area contributed by atoms with Gasteiger partial charge in [-0.1, -0.05) is 23.2 Å². The highest BCUT2D eigenvalue weighted by atomic mass is 79.9. The minimum absolute atomic E-state index is 0.0152. The van der Waals surface area contributed by atoms with Gasteiger partial charge >= 0.3 is 5.69 Å². The minimum Gasteiger partial charge on any atom is -0.432 e. The van der Waals surface area contributed by atoms with Crippen molar-refractivity contribution in [3.8, 4) is 11.6 Å². The molecule has 104 valence electrons. The molecule has 0 saturated carbocycles. The first-order valence-corrected chi connectivity index (χ1v) is 6.87. The van der Waals surface area contributed by atoms with Gasteiger partial charge in [-0.2, -0.15) is 0 Å². The zero-order valence-corrected chi connectivity index (χ0v) is 13.2. The van der Waals surface area contributed by atoms with E-state index >= 15 is 0 Å². The molecule has 0 spiro atoms. The molecule has 2 rings (SSSR count). The van der Waals surface area contributed by atoms with Gasteiger partial charge in [0.05, 0.1) is 15.0 Å². The SMILES string of the molecule is Cc1cc(Oc2cc(Cl)c(Cl)cc2[N+](=O)[O-])ncc1Br. The number of nitrogens with zero attached hydrogens (tertiary/aromatic N) is 2. The predicted molar refractivity (Wildman–Crippen MR) is 79.9 cm³/mol. The molecule has 1 aromatic heterocycles. The Morgan fingerprint density at radius 1 is 1.30 bits per heavy atom. The van der Waals surface area contributed by atoms with Crippen LogP contribution in [0.25, 0.3) is 0 Å². The van der Waals surface area contributed by atoms with Crippen molar-refractivity contribution in [3.63, 3.8) is 0 Å². The number of nitro benzene ring substituents is 1. The number of hydrogen-bond donors (Lipinski definition) is 0. The van der Waals surface area contributed by atoms with Crippen LogP contribution in [0.5, 0.6) is 11.6 Å². The molecule has 0 unspecified atom stereocenters. The Bertz CT molecular complexity index is 695. The van der Waals surface area contributed by atoms with Crippen molar-refractivity contribution in [3.05, 3.63) is 54.6 Å². The number of ether oxygens (including phenoxy) is 1. The second kappa shape index (κ2) is 5.95. The molecule has 0 N–H and O–H groups in total. The van der Waals surface area contributed by atoms with E-state index in [4.69, 9.17) is 27.9 Å². The van der Waals surface area contributed by atoms with Crippen LogP contribution >= 0.6 is 39.1 Å². The fraction of sp³-hybridized carbons (Fsp3) is 0.0833. The van der Waals surface area contributed by atoms with Gasteiger partial charge in [-0.3, -0.25) is 10.1 Å². The molecule has 20 heavy (non-hydrogen) atoms. The number of halogens is 3. The predicted octanol–water partition coefficient (Wildman–Crippen LogP) is 5.16. The summed E-state index contributed by atoms with van der Waals surface area (Å²) in [6, 6.07) is 4.09. The zero-order valence-electron chi connectivity index (χ0n) is 10.1. The molecule has 1 aromatic carbocycles. The Kier molecular flexibility index (Phi) is 4.47. The van der Waals surface area contributed by atoms with Gasteiger partial charge < -0.3 is 4.74 Å². The molecule has 0 aliphatic heterocycles. The molecule has 8 heteroatoms. The molecule has 1 heterocycles. The van der Waals surface area contributed by atoms with E-state index in [1.807, 2.05) is 6.92 Å². The summed E-state index contributed by atoms with van der Waals surface area (Å²) in [5.41, 5.74) is 0.611. The normalized spacial score (nSPS) is 10.4. The maximum Gasteiger partial charge on any atom is 0.313 e. The number of benzene rings is 1. The summed E-state index contributed by atoms with van der Waals surface area (Å²) in [5.74, 6) is 0.214. The third kappa shape index (κ3) is 3.20. The maximum atomic E-state index is 11.0. The first-order chi connectivity index (χ1) is 9.38. The third-order valence-electron chi connectivity index (χ3n) is 2.43.